The number of pyridine rings is 1. The maximum atomic E-state index is 7.11. The summed E-state index contributed by atoms with van der Waals surface area (Å²) in [6.45, 7) is 16.3. The predicted molar refractivity (Wildman–Crippen MR) is 152 cm³/mol. The summed E-state index contributed by atoms with van der Waals surface area (Å²) in [7, 11) is 2.19. The molecule has 35 heavy (non-hydrogen) atoms. The van der Waals surface area contributed by atoms with E-state index in [0.29, 0.717) is 0 Å². The zero-order valence-corrected chi connectivity index (χ0v) is 23.7. The van der Waals surface area contributed by atoms with E-state index in [4.69, 9.17) is 4.74 Å². The first kappa shape index (κ1) is 23.0. The van der Waals surface area contributed by atoms with Gasteiger partial charge >= 0.3 is 0 Å². The number of nitrogens with zero attached hydrogens (tertiary/aromatic N) is 1. The Labute approximate surface area is 216 Å². The van der Waals surface area contributed by atoms with Crippen LogP contribution in [0.1, 0.15) is 57.5 Å². The zero-order valence-electron chi connectivity index (χ0n) is 22.1. The normalized spacial score (nSPS) is 13.6. The van der Waals surface area contributed by atoms with Crippen LogP contribution in [-0.2, 0) is 19.9 Å². The highest BCUT2D eigenvalue weighted by molar-refractivity contribution is 7.26. The van der Waals surface area contributed by atoms with Gasteiger partial charge in [0.25, 0.3) is 0 Å². The lowest BCUT2D eigenvalue weighted by atomic mass is 9.83. The van der Waals surface area contributed by atoms with Crippen LogP contribution in [0.25, 0.3) is 41.5 Å². The van der Waals surface area contributed by atoms with E-state index in [9.17, 15) is 0 Å². The van der Waals surface area contributed by atoms with E-state index in [-0.39, 0.29) is 10.8 Å². The largest absolute Gasteiger partial charge is 0.454 e. The summed E-state index contributed by atoms with van der Waals surface area (Å²) >= 11 is 3.84. The molecule has 3 aromatic heterocycles. The highest BCUT2D eigenvalue weighted by Crippen LogP contribution is 2.57. The number of rotatable bonds is 2. The highest BCUT2D eigenvalue weighted by Gasteiger charge is 2.37. The molecular weight excluding hydrogens is 466 g/mol. The lowest BCUT2D eigenvalue weighted by Gasteiger charge is -2.27. The van der Waals surface area contributed by atoms with Crippen LogP contribution in [0.2, 0.25) is 0 Å². The van der Waals surface area contributed by atoms with Gasteiger partial charge in [-0.1, -0.05) is 59.7 Å². The average molecular weight is 501 g/mol. The molecule has 5 aromatic rings. The second-order valence-electron chi connectivity index (χ2n) is 12.6. The molecule has 0 unspecified atom stereocenters. The number of aryl methyl sites for hydroxylation is 2. The lowest BCUT2D eigenvalue weighted by molar-refractivity contribution is -0.659. The van der Waals surface area contributed by atoms with Crippen molar-refractivity contribution in [3.63, 3.8) is 0 Å². The number of thiophene rings is 2. The molecule has 0 atom stereocenters. The van der Waals surface area contributed by atoms with Gasteiger partial charge in [-0.05, 0) is 42.2 Å². The van der Waals surface area contributed by atoms with Crippen molar-refractivity contribution in [2.45, 2.75) is 61.3 Å². The van der Waals surface area contributed by atoms with Gasteiger partial charge in [0.2, 0.25) is 5.69 Å². The molecule has 180 valence electrons. The van der Waals surface area contributed by atoms with Crippen LogP contribution in [0.4, 0.5) is 0 Å². The molecule has 0 saturated heterocycles. The molecule has 0 amide bonds. The maximum absolute atomic E-state index is 7.11. The Kier molecular flexibility index (Phi) is 4.95. The summed E-state index contributed by atoms with van der Waals surface area (Å²) in [6.07, 6.45) is 4.21. The fraction of sp³-hybridized carbons (Fsp3) is 0.387. The van der Waals surface area contributed by atoms with Gasteiger partial charge in [0.15, 0.2) is 11.9 Å². The Bertz CT molecular complexity index is 1650. The fourth-order valence-electron chi connectivity index (χ4n) is 5.62. The molecule has 0 fully saturated rings. The van der Waals surface area contributed by atoms with Crippen LogP contribution in [0.5, 0.6) is 11.5 Å². The molecule has 1 aliphatic rings. The lowest BCUT2D eigenvalue weighted by Crippen LogP contribution is -2.31. The van der Waals surface area contributed by atoms with Crippen LogP contribution >= 0.6 is 22.7 Å². The molecule has 0 aliphatic carbocycles. The second-order valence-corrected chi connectivity index (χ2v) is 14.7. The van der Waals surface area contributed by atoms with Crippen molar-refractivity contribution in [1.82, 2.24) is 0 Å². The Morgan fingerprint density at radius 2 is 1.54 bits per heavy atom. The molecule has 0 bridgehead atoms. The van der Waals surface area contributed by atoms with E-state index in [1.54, 1.807) is 0 Å². The summed E-state index contributed by atoms with van der Waals surface area (Å²) < 4.78 is 13.5. The van der Waals surface area contributed by atoms with Gasteiger partial charge in [-0.3, -0.25) is 0 Å². The first-order valence-corrected chi connectivity index (χ1v) is 14.2. The van der Waals surface area contributed by atoms with E-state index in [2.05, 4.69) is 96.6 Å². The van der Waals surface area contributed by atoms with Crippen molar-refractivity contribution in [3.8, 4) is 22.8 Å². The molecule has 4 heteroatoms. The minimum Gasteiger partial charge on any atom is -0.454 e. The van der Waals surface area contributed by atoms with Gasteiger partial charge in [0.05, 0.1) is 10.3 Å². The first-order valence-electron chi connectivity index (χ1n) is 12.5. The van der Waals surface area contributed by atoms with Gasteiger partial charge in [0.1, 0.15) is 18.2 Å². The Morgan fingerprint density at radius 3 is 2.26 bits per heavy atom. The van der Waals surface area contributed by atoms with Gasteiger partial charge in [0, 0.05) is 36.7 Å². The van der Waals surface area contributed by atoms with Crippen molar-refractivity contribution in [1.29, 1.82) is 0 Å². The quantitative estimate of drug-likeness (QED) is 0.216. The Balaban J connectivity index is 1.78. The third-order valence-electron chi connectivity index (χ3n) is 6.95. The minimum absolute atomic E-state index is 0.139. The standard InChI is InChI=1S/C31H34NOS2/c1-17-23-26-25-21(13-14-32(26)8)34-22(16-31(5,6)7)28(25)33-27(23)19(15-30(2,3)4)24-18-11-9-10-12-20(18)35-29(17)24/h9-14H,15-16H2,1-8H3/q+1. The third-order valence-corrected chi connectivity index (χ3v) is 9.38. The fourth-order valence-corrected chi connectivity index (χ4v) is 8.28. The van der Waals surface area contributed by atoms with Crippen molar-refractivity contribution >= 4 is 52.9 Å². The molecule has 0 radical (unpaired) electrons. The maximum Gasteiger partial charge on any atom is 0.228 e. The summed E-state index contributed by atoms with van der Waals surface area (Å²) in [5.74, 6) is 2.17. The Hall–Kier alpha value is -2.43. The van der Waals surface area contributed by atoms with Crippen molar-refractivity contribution in [2.75, 3.05) is 0 Å². The van der Waals surface area contributed by atoms with Crippen LogP contribution in [0, 0.1) is 17.8 Å². The predicted octanol–water partition coefficient (Wildman–Crippen LogP) is 9.35. The molecule has 2 aromatic carbocycles. The molecule has 0 N–H and O–H groups in total. The number of hydrogen-bond donors (Lipinski definition) is 0. The first-order chi connectivity index (χ1) is 16.4. The van der Waals surface area contributed by atoms with Crippen LogP contribution in [0.3, 0.4) is 0 Å². The molecule has 0 saturated carbocycles. The van der Waals surface area contributed by atoms with Crippen LogP contribution in [-0.4, -0.2) is 0 Å². The van der Waals surface area contributed by atoms with Gasteiger partial charge in [-0.2, -0.15) is 0 Å². The minimum atomic E-state index is 0.139. The Morgan fingerprint density at radius 1 is 0.829 bits per heavy atom. The van der Waals surface area contributed by atoms with Crippen molar-refractivity contribution < 1.29 is 9.30 Å². The smallest absolute Gasteiger partial charge is 0.228 e. The number of ether oxygens (including phenoxy) is 1. The van der Waals surface area contributed by atoms with E-state index < -0.39 is 0 Å². The average Bonchev–Trinajstić information content (AvgIpc) is 3.30. The van der Waals surface area contributed by atoms with Gasteiger partial charge in [-0.15, -0.1) is 22.7 Å². The molecular formula is C31H34NOS2+. The number of fused-ring (bicyclic) bond motifs is 5. The van der Waals surface area contributed by atoms with Crippen molar-refractivity contribution in [3.05, 3.63) is 52.5 Å². The van der Waals surface area contributed by atoms with E-state index in [0.717, 1.165) is 24.3 Å². The van der Waals surface area contributed by atoms with E-state index in [1.807, 2.05) is 22.7 Å². The summed E-state index contributed by atoms with van der Waals surface area (Å²) in [6, 6.07) is 11.1. The van der Waals surface area contributed by atoms with Gasteiger partial charge in [-0.25, -0.2) is 4.57 Å². The van der Waals surface area contributed by atoms with E-state index in [1.165, 1.54) is 57.5 Å². The summed E-state index contributed by atoms with van der Waals surface area (Å²) in [5, 5.41) is 4.04. The van der Waals surface area contributed by atoms with Gasteiger partial charge < -0.3 is 4.74 Å². The number of benzene rings is 2. The molecule has 2 nitrogen and oxygen atoms in total. The number of hydrogen-bond acceptors (Lipinski definition) is 3. The molecule has 6 rings (SSSR count). The van der Waals surface area contributed by atoms with Crippen LogP contribution in [0.15, 0.2) is 36.5 Å². The van der Waals surface area contributed by atoms with Crippen molar-refractivity contribution in [2.24, 2.45) is 17.9 Å². The summed E-state index contributed by atoms with van der Waals surface area (Å²) in [4.78, 5) is 1.36. The highest BCUT2D eigenvalue weighted by atomic mass is 32.1. The van der Waals surface area contributed by atoms with Crippen LogP contribution < -0.4 is 9.30 Å². The summed E-state index contributed by atoms with van der Waals surface area (Å²) in [5.41, 5.74) is 5.62. The monoisotopic (exact) mass is 500 g/mol. The SMILES string of the molecule is Cc1c2c(c(CC(C)(C)C)c3c1sc1ccccc13)Oc1c(CC(C)(C)C)sc3cc[n+](C)c-2c13. The second kappa shape index (κ2) is 7.54. The molecule has 0 spiro atoms. The molecule has 1 aliphatic heterocycles. The topological polar surface area (TPSA) is 13.1 Å². The molecule has 4 heterocycles. The zero-order chi connectivity index (χ0) is 24.9. The number of aromatic nitrogens is 1. The third kappa shape index (κ3) is 3.60. The van der Waals surface area contributed by atoms with E-state index >= 15 is 0 Å².